The van der Waals surface area contributed by atoms with E-state index in [1.54, 1.807) is 0 Å². The Morgan fingerprint density at radius 3 is 2.46 bits per heavy atom. The average molecular weight is 172 g/mol. The number of benzene rings is 1. The first-order valence-corrected chi connectivity index (χ1v) is 4.80. The zero-order valence-electron chi connectivity index (χ0n) is 8.11. The van der Waals surface area contributed by atoms with Crippen LogP contribution < -0.4 is 0 Å². The third kappa shape index (κ3) is 4.32. The smallest absolute Gasteiger partial charge is 0.0166 e. The standard InChI is InChI=1S/C13H16/c1-2-3-4-5-7-10-13-11-8-6-9-12-13/h3-4,6-12H,2,5H2,1H3/b4-3-,10-7-. The second-order valence-corrected chi connectivity index (χ2v) is 2.93. The van der Waals surface area contributed by atoms with Gasteiger partial charge in [-0.2, -0.15) is 0 Å². The van der Waals surface area contributed by atoms with Crippen LogP contribution in [0, 0.1) is 0 Å². The third-order valence-corrected chi connectivity index (χ3v) is 1.78. The van der Waals surface area contributed by atoms with Gasteiger partial charge in [0, 0.05) is 0 Å². The van der Waals surface area contributed by atoms with E-state index in [1.165, 1.54) is 5.56 Å². The molecule has 0 unspecified atom stereocenters. The Labute approximate surface area is 80.6 Å². The quantitative estimate of drug-likeness (QED) is 0.601. The molecule has 0 aliphatic heterocycles. The van der Waals surface area contributed by atoms with Crippen LogP contribution in [0.3, 0.4) is 0 Å². The molecule has 0 fully saturated rings. The van der Waals surface area contributed by atoms with Gasteiger partial charge in [-0.3, -0.25) is 0 Å². The molecule has 0 spiro atoms. The third-order valence-electron chi connectivity index (χ3n) is 1.78. The van der Waals surface area contributed by atoms with E-state index in [4.69, 9.17) is 0 Å². The van der Waals surface area contributed by atoms with Crippen LogP contribution >= 0.6 is 0 Å². The molecule has 68 valence electrons. The summed E-state index contributed by atoms with van der Waals surface area (Å²) < 4.78 is 0. The van der Waals surface area contributed by atoms with Crippen molar-refractivity contribution in [3.63, 3.8) is 0 Å². The van der Waals surface area contributed by atoms with Gasteiger partial charge < -0.3 is 0 Å². The number of rotatable bonds is 4. The maximum Gasteiger partial charge on any atom is -0.0166 e. The van der Waals surface area contributed by atoms with Gasteiger partial charge in [-0.05, 0) is 18.4 Å². The van der Waals surface area contributed by atoms with Crippen molar-refractivity contribution in [2.75, 3.05) is 0 Å². The molecule has 1 aromatic rings. The summed E-state index contributed by atoms with van der Waals surface area (Å²) in [5.74, 6) is 0. The molecular weight excluding hydrogens is 156 g/mol. The molecule has 1 rings (SSSR count). The lowest BCUT2D eigenvalue weighted by molar-refractivity contribution is 1.20. The second-order valence-electron chi connectivity index (χ2n) is 2.93. The zero-order valence-corrected chi connectivity index (χ0v) is 8.11. The van der Waals surface area contributed by atoms with E-state index in [1.807, 2.05) is 6.07 Å². The molecule has 0 saturated carbocycles. The van der Waals surface area contributed by atoms with Crippen molar-refractivity contribution in [2.24, 2.45) is 0 Å². The minimum atomic E-state index is 1.03. The highest BCUT2D eigenvalue weighted by molar-refractivity contribution is 5.48. The molecule has 0 heterocycles. The monoisotopic (exact) mass is 172 g/mol. The number of hydrogen-bond donors (Lipinski definition) is 0. The van der Waals surface area contributed by atoms with Gasteiger partial charge >= 0.3 is 0 Å². The van der Waals surface area contributed by atoms with Crippen molar-refractivity contribution in [1.82, 2.24) is 0 Å². The predicted molar refractivity (Wildman–Crippen MR) is 59.5 cm³/mol. The van der Waals surface area contributed by atoms with E-state index >= 15 is 0 Å². The Morgan fingerprint density at radius 2 is 1.77 bits per heavy atom. The van der Waals surface area contributed by atoms with E-state index in [0.29, 0.717) is 0 Å². The summed E-state index contributed by atoms with van der Waals surface area (Å²) in [5, 5.41) is 0. The van der Waals surface area contributed by atoms with Gasteiger partial charge in [0.1, 0.15) is 0 Å². The molecule has 1 aromatic carbocycles. The first kappa shape index (κ1) is 9.79. The van der Waals surface area contributed by atoms with E-state index in [9.17, 15) is 0 Å². The Bertz CT molecular complexity index is 267. The van der Waals surface area contributed by atoms with Crippen LogP contribution in [0.2, 0.25) is 0 Å². The Kier molecular flexibility index (Phi) is 4.70. The summed E-state index contributed by atoms with van der Waals surface area (Å²) >= 11 is 0. The summed E-state index contributed by atoms with van der Waals surface area (Å²) in [5.41, 5.74) is 1.27. The molecule has 0 aliphatic carbocycles. The van der Waals surface area contributed by atoms with Crippen LogP contribution in [0.1, 0.15) is 25.3 Å². The second kappa shape index (κ2) is 6.24. The summed E-state index contributed by atoms with van der Waals surface area (Å²) in [6.45, 7) is 2.15. The Morgan fingerprint density at radius 1 is 1.00 bits per heavy atom. The van der Waals surface area contributed by atoms with Crippen molar-refractivity contribution in [2.45, 2.75) is 19.8 Å². The molecule has 0 nitrogen and oxygen atoms in total. The highest BCUT2D eigenvalue weighted by Crippen LogP contribution is 2.01. The SMILES string of the molecule is CC/C=C\C/C=C\c1ccccc1. The lowest BCUT2D eigenvalue weighted by Crippen LogP contribution is -1.67. The van der Waals surface area contributed by atoms with Crippen molar-refractivity contribution < 1.29 is 0 Å². The first-order chi connectivity index (χ1) is 6.43. The van der Waals surface area contributed by atoms with Crippen LogP contribution in [0.15, 0.2) is 48.6 Å². The van der Waals surface area contributed by atoms with Gasteiger partial charge in [-0.25, -0.2) is 0 Å². The maximum atomic E-state index is 2.19. The fourth-order valence-corrected chi connectivity index (χ4v) is 1.11. The van der Waals surface area contributed by atoms with Gasteiger partial charge in [0.25, 0.3) is 0 Å². The van der Waals surface area contributed by atoms with E-state index < -0.39 is 0 Å². The normalized spacial score (nSPS) is 11.5. The molecule has 0 aromatic heterocycles. The van der Waals surface area contributed by atoms with Gasteiger partial charge in [0.05, 0.1) is 0 Å². The minimum Gasteiger partial charge on any atom is -0.0885 e. The molecule has 0 atom stereocenters. The number of allylic oxidation sites excluding steroid dienone is 3. The number of hydrogen-bond acceptors (Lipinski definition) is 0. The van der Waals surface area contributed by atoms with E-state index in [-0.39, 0.29) is 0 Å². The van der Waals surface area contributed by atoms with Crippen molar-refractivity contribution in [3.05, 3.63) is 54.1 Å². The largest absolute Gasteiger partial charge is 0.0885 e. The molecule has 0 heteroatoms. The van der Waals surface area contributed by atoms with Crippen LogP contribution in [-0.2, 0) is 0 Å². The Hall–Kier alpha value is -1.30. The highest BCUT2D eigenvalue weighted by atomic mass is 13.9. The molecule has 13 heavy (non-hydrogen) atoms. The van der Waals surface area contributed by atoms with Crippen molar-refractivity contribution in [3.8, 4) is 0 Å². The lowest BCUT2D eigenvalue weighted by Gasteiger charge is -1.89. The zero-order chi connectivity index (χ0) is 9.36. The maximum absolute atomic E-state index is 2.19. The topological polar surface area (TPSA) is 0 Å². The predicted octanol–water partition coefficient (Wildman–Crippen LogP) is 4.06. The van der Waals surface area contributed by atoms with Crippen LogP contribution in [0.4, 0.5) is 0 Å². The van der Waals surface area contributed by atoms with E-state index in [2.05, 4.69) is 55.5 Å². The van der Waals surface area contributed by atoms with Gasteiger partial charge in [-0.15, -0.1) is 0 Å². The molecule has 0 N–H and O–H groups in total. The molecular formula is C13H16. The van der Waals surface area contributed by atoms with Crippen molar-refractivity contribution >= 4 is 6.08 Å². The molecule has 0 aliphatic rings. The summed E-state index contributed by atoms with van der Waals surface area (Å²) in [4.78, 5) is 0. The van der Waals surface area contributed by atoms with E-state index in [0.717, 1.165) is 12.8 Å². The van der Waals surface area contributed by atoms with Gasteiger partial charge in [-0.1, -0.05) is 61.6 Å². The molecule has 0 saturated heterocycles. The average Bonchev–Trinajstić information content (AvgIpc) is 2.19. The fourth-order valence-electron chi connectivity index (χ4n) is 1.11. The van der Waals surface area contributed by atoms with Gasteiger partial charge in [0.15, 0.2) is 0 Å². The molecule has 0 radical (unpaired) electrons. The fraction of sp³-hybridized carbons (Fsp3) is 0.231. The molecule has 0 bridgehead atoms. The first-order valence-electron chi connectivity index (χ1n) is 4.80. The van der Waals surface area contributed by atoms with Crippen LogP contribution in [0.5, 0.6) is 0 Å². The highest BCUT2D eigenvalue weighted by Gasteiger charge is 1.80. The summed E-state index contributed by atoms with van der Waals surface area (Å²) in [7, 11) is 0. The molecule has 0 amide bonds. The minimum absolute atomic E-state index is 1.03. The van der Waals surface area contributed by atoms with Crippen LogP contribution in [-0.4, -0.2) is 0 Å². The Balaban J connectivity index is 2.37. The summed E-state index contributed by atoms with van der Waals surface area (Å²) in [6, 6.07) is 10.4. The van der Waals surface area contributed by atoms with Crippen LogP contribution in [0.25, 0.3) is 6.08 Å². The summed E-state index contributed by atoms with van der Waals surface area (Å²) in [6.07, 6.45) is 10.9. The van der Waals surface area contributed by atoms with Gasteiger partial charge in [0.2, 0.25) is 0 Å². The lowest BCUT2D eigenvalue weighted by atomic mass is 10.2. The van der Waals surface area contributed by atoms with Crippen molar-refractivity contribution in [1.29, 1.82) is 0 Å².